The largest absolute Gasteiger partial charge is 0.363 e. The molecule has 0 bridgehead atoms. The zero-order valence-electron chi connectivity index (χ0n) is 11.4. The van der Waals surface area contributed by atoms with Crippen LogP contribution in [0.25, 0.3) is 0 Å². The summed E-state index contributed by atoms with van der Waals surface area (Å²) in [6.45, 7) is 2.78. The standard InChI is InChI=1S/C14H21N3O/c1-4-14(18)17-10-6-8-12(17)11-7-5-9-13(15-11)16(2)3/h5,7,9,12H,4,6,8,10H2,1-3H3/t12-/m1/s1. The number of hydrogen-bond donors (Lipinski definition) is 0. The molecular weight excluding hydrogens is 226 g/mol. The van der Waals surface area contributed by atoms with E-state index in [1.807, 2.05) is 49.0 Å². The first-order chi connectivity index (χ1) is 8.63. The lowest BCUT2D eigenvalue weighted by molar-refractivity contribution is -0.131. The molecule has 1 aliphatic heterocycles. The molecule has 1 fully saturated rings. The van der Waals surface area contributed by atoms with Gasteiger partial charge in [-0.3, -0.25) is 4.79 Å². The highest BCUT2D eigenvalue weighted by Gasteiger charge is 2.29. The third kappa shape index (κ3) is 2.47. The Morgan fingerprint density at radius 2 is 2.28 bits per heavy atom. The number of nitrogens with zero attached hydrogens (tertiary/aromatic N) is 3. The lowest BCUT2D eigenvalue weighted by atomic mass is 10.1. The fraction of sp³-hybridized carbons (Fsp3) is 0.571. The van der Waals surface area contributed by atoms with Crippen LogP contribution in [0.4, 0.5) is 5.82 Å². The number of pyridine rings is 1. The molecule has 4 heteroatoms. The molecule has 1 atom stereocenters. The highest BCUT2D eigenvalue weighted by Crippen LogP contribution is 2.31. The van der Waals surface area contributed by atoms with Gasteiger partial charge in [-0.1, -0.05) is 13.0 Å². The van der Waals surface area contributed by atoms with E-state index in [1.165, 1.54) is 0 Å². The number of aromatic nitrogens is 1. The molecule has 0 saturated carbocycles. The Balaban J connectivity index is 2.24. The molecule has 1 aromatic rings. The highest BCUT2D eigenvalue weighted by atomic mass is 16.2. The predicted molar refractivity (Wildman–Crippen MR) is 72.5 cm³/mol. The Kier molecular flexibility index (Phi) is 3.84. The Morgan fingerprint density at radius 3 is 2.94 bits per heavy atom. The van der Waals surface area contributed by atoms with Crippen LogP contribution in [0.3, 0.4) is 0 Å². The Labute approximate surface area is 109 Å². The molecule has 2 heterocycles. The minimum absolute atomic E-state index is 0.164. The van der Waals surface area contributed by atoms with Gasteiger partial charge in [0.1, 0.15) is 5.82 Å². The lowest BCUT2D eigenvalue weighted by Crippen LogP contribution is -2.30. The van der Waals surface area contributed by atoms with Gasteiger partial charge in [-0.2, -0.15) is 0 Å². The van der Waals surface area contributed by atoms with E-state index in [0.29, 0.717) is 6.42 Å². The third-order valence-corrected chi connectivity index (χ3v) is 3.43. The van der Waals surface area contributed by atoms with Gasteiger partial charge in [0.2, 0.25) is 5.91 Å². The van der Waals surface area contributed by atoms with Crippen LogP contribution in [0.5, 0.6) is 0 Å². The number of hydrogen-bond acceptors (Lipinski definition) is 3. The summed E-state index contributed by atoms with van der Waals surface area (Å²) in [4.78, 5) is 20.5. The zero-order chi connectivity index (χ0) is 13.1. The number of anilines is 1. The molecule has 0 spiro atoms. The van der Waals surface area contributed by atoms with E-state index in [0.717, 1.165) is 30.9 Å². The maximum atomic E-state index is 11.9. The average molecular weight is 247 g/mol. The molecule has 18 heavy (non-hydrogen) atoms. The second-order valence-corrected chi connectivity index (χ2v) is 4.91. The Morgan fingerprint density at radius 1 is 1.50 bits per heavy atom. The quantitative estimate of drug-likeness (QED) is 0.821. The summed E-state index contributed by atoms with van der Waals surface area (Å²) in [6, 6.07) is 6.20. The number of rotatable bonds is 3. The summed E-state index contributed by atoms with van der Waals surface area (Å²) >= 11 is 0. The monoisotopic (exact) mass is 247 g/mol. The van der Waals surface area contributed by atoms with Gasteiger partial charge in [0.25, 0.3) is 0 Å². The number of likely N-dealkylation sites (tertiary alicyclic amines) is 1. The average Bonchev–Trinajstić information content (AvgIpc) is 2.87. The Hall–Kier alpha value is -1.58. The van der Waals surface area contributed by atoms with Crippen molar-refractivity contribution in [1.82, 2.24) is 9.88 Å². The molecule has 0 unspecified atom stereocenters. The summed E-state index contributed by atoms with van der Waals surface area (Å²) in [5.74, 6) is 1.18. The molecule has 0 aromatic carbocycles. The molecule has 0 N–H and O–H groups in total. The zero-order valence-corrected chi connectivity index (χ0v) is 11.4. The van der Waals surface area contributed by atoms with Crippen molar-refractivity contribution in [3.8, 4) is 0 Å². The summed E-state index contributed by atoms with van der Waals surface area (Å²) in [5, 5.41) is 0. The second kappa shape index (κ2) is 5.38. The minimum atomic E-state index is 0.164. The molecule has 1 aromatic heterocycles. The molecule has 1 aliphatic rings. The summed E-state index contributed by atoms with van der Waals surface area (Å²) in [5.41, 5.74) is 1.01. The first-order valence-corrected chi connectivity index (χ1v) is 6.57. The van der Waals surface area contributed by atoms with E-state index < -0.39 is 0 Å². The molecule has 4 nitrogen and oxygen atoms in total. The van der Waals surface area contributed by atoms with Crippen LogP contribution in [-0.2, 0) is 4.79 Å². The SMILES string of the molecule is CCC(=O)N1CCC[C@@H]1c1cccc(N(C)C)n1. The molecular formula is C14H21N3O. The van der Waals surface area contributed by atoms with Crippen molar-refractivity contribution >= 4 is 11.7 Å². The fourth-order valence-electron chi connectivity index (χ4n) is 2.45. The van der Waals surface area contributed by atoms with Crippen molar-refractivity contribution in [3.63, 3.8) is 0 Å². The lowest BCUT2D eigenvalue weighted by Gasteiger charge is -2.24. The van der Waals surface area contributed by atoms with Gasteiger partial charge in [-0.25, -0.2) is 4.98 Å². The van der Waals surface area contributed by atoms with Crippen LogP contribution in [0, 0.1) is 0 Å². The molecule has 1 amide bonds. The molecule has 1 saturated heterocycles. The molecule has 2 rings (SSSR count). The van der Waals surface area contributed by atoms with E-state index in [9.17, 15) is 4.79 Å². The smallest absolute Gasteiger partial charge is 0.222 e. The fourth-order valence-corrected chi connectivity index (χ4v) is 2.45. The number of amides is 1. The van der Waals surface area contributed by atoms with E-state index in [2.05, 4.69) is 4.98 Å². The van der Waals surface area contributed by atoms with Crippen LogP contribution in [-0.4, -0.2) is 36.4 Å². The first kappa shape index (κ1) is 12.9. The molecule has 0 aliphatic carbocycles. The first-order valence-electron chi connectivity index (χ1n) is 6.57. The highest BCUT2D eigenvalue weighted by molar-refractivity contribution is 5.76. The van der Waals surface area contributed by atoms with Crippen LogP contribution >= 0.6 is 0 Å². The maximum Gasteiger partial charge on any atom is 0.222 e. The van der Waals surface area contributed by atoms with Gasteiger partial charge >= 0.3 is 0 Å². The van der Waals surface area contributed by atoms with Gasteiger partial charge in [-0.05, 0) is 25.0 Å². The van der Waals surface area contributed by atoms with Crippen LogP contribution in [0.1, 0.15) is 37.9 Å². The van der Waals surface area contributed by atoms with Crippen molar-refractivity contribution in [1.29, 1.82) is 0 Å². The predicted octanol–water partition coefficient (Wildman–Crippen LogP) is 2.22. The van der Waals surface area contributed by atoms with E-state index in [4.69, 9.17) is 0 Å². The van der Waals surface area contributed by atoms with E-state index >= 15 is 0 Å². The van der Waals surface area contributed by atoms with Gasteiger partial charge in [0.05, 0.1) is 11.7 Å². The van der Waals surface area contributed by atoms with Crippen molar-refractivity contribution in [2.24, 2.45) is 0 Å². The van der Waals surface area contributed by atoms with Crippen molar-refractivity contribution in [3.05, 3.63) is 23.9 Å². The number of carbonyl (C=O) groups is 1. The Bertz CT molecular complexity index is 431. The molecule has 98 valence electrons. The normalized spacial score (nSPS) is 19.1. The van der Waals surface area contributed by atoms with Gasteiger partial charge in [0, 0.05) is 27.1 Å². The topological polar surface area (TPSA) is 36.4 Å². The van der Waals surface area contributed by atoms with Gasteiger partial charge in [-0.15, -0.1) is 0 Å². The van der Waals surface area contributed by atoms with E-state index in [-0.39, 0.29) is 11.9 Å². The minimum Gasteiger partial charge on any atom is -0.363 e. The van der Waals surface area contributed by atoms with Crippen LogP contribution in [0.2, 0.25) is 0 Å². The summed E-state index contributed by atoms with van der Waals surface area (Å²) < 4.78 is 0. The van der Waals surface area contributed by atoms with Crippen LogP contribution in [0.15, 0.2) is 18.2 Å². The van der Waals surface area contributed by atoms with E-state index in [1.54, 1.807) is 0 Å². The van der Waals surface area contributed by atoms with Gasteiger partial charge < -0.3 is 9.80 Å². The maximum absolute atomic E-state index is 11.9. The van der Waals surface area contributed by atoms with Gasteiger partial charge in [0.15, 0.2) is 0 Å². The third-order valence-electron chi connectivity index (χ3n) is 3.43. The summed E-state index contributed by atoms with van der Waals surface area (Å²) in [7, 11) is 3.96. The van der Waals surface area contributed by atoms with Crippen LogP contribution < -0.4 is 4.90 Å². The van der Waals surface area contributed by atoms with Crippen molar-refractivity contribution in [2.75, 3.05) is 25.5 Å². The second-order valence-electron chi connectivity index (χ2n) is 4.91. The number of carbonyl (C=O) groups excluding carboxylic acids is 1. The van der Waals surface area contributed by atoms with Crippen molar-refractivity contribution < 1.29 is 4.79 Å². The van der Waals surface area contributed by atoms with Crippen molar-refractivity contribution in [2.45, 2.75) is 32.2 Å². The summed E-state index contributed by atoms with van der Waals surface area (Å²) in [6.07, 6.45) is 2.67. The molecule has 0 radical (unpaired) electrons.